The molecule has 0 aliphatic rings. The Kier molecular flexibility index (Phi) is 7.62. The first-order valence-electron chi connectivity index (χ1n) is 6.25. The zero-order valence-corrected chi connectivity index (χ0v) is 12.4. The summed E-state index contributed by atoms with van der Waals surface area (Å²) in [5.74, 6) is -2.50. The van der Waals surface area contributed by atoms with Crippen molar-refractivity contribution in [3.8, 4) is 0 Å². The molecule has 0 aromatic rings. The molecule has 0 aromatic heterocycles. The summed E-state index contributed by atoms with van der Waals surface area (Å²) in [5.41, 5.74) is 0. The zero-order chi connectivity index (χ0) is 15.1. The van der Waals surface area contributed by atoms with E-state index in [0.29, 0.717) is 19.5 Å². The van der Waals surface area contributed by atoms with Gasteiger partial charge in [0.2, 0.25) is 15.9 Å². The Labute approximate surface area is 114 Å². The van der Waals surface area contributed by atoms with Crippen molar-refractivity contribution in [1.82, 2.24) is 9.21 Å². The summed E-state index contributed by atoms with van der Waals surface area (Å²) in [7, 11) is -3.67. The number of carbonyl (C=O) groups is 2. The summed E-state index contributed by atoms with van der Waals surface area (Å²) in [6.07, 6.45) is 0.574. The summed E-state index contributed by atoms with van der Waals surface area (Å²) in [4.78, 5) is 23.6. The van der Waals surface area contributed by atoms with Crippen LogP contribution in [0.3, 0.4) is 0 Å². The topological polar surface area (TPSA) is 95.0 Å². The number of carbonyl (C=O) groups excluding carboxylic acids is 1. The van der Waals surface area contributed by atoms with Crippen molar-refractivity contribution in [2.24, 2.45) is 0 Å². The van der Waals surface area contributed by atoms with Gasteiger partial charge in [-0.1, -0.05) is 20.8 Å². The van der Waals surface area contributed by atoms with E-state index in [1.54, 1.807) is 20.8 Å². The van der Waals surface area contributed by atoms with Crippen molar-refractivity contribution in [2.75, 3.05) is 31.9 Å². The molecule has 7 nitrogen and oxygen atoms in total. The normalized spacial score (nSPS) is 11.6. The standard InChI is InChI=1S/C11H22N2O5S/c1-4-7-12(8-11(15)16)10(14)9-19(17,18)13(5-2)6-3/h4-9H2,1-3H3,(H,15,16). The molecule has 8 heteroatoms. The Morgan fingerprint density at radius 2 is 1.63 bits per heavy atom. The summed E-state index contributed by atoms with van der Waals surface area (Å²) in [6, 6.07) is 0. The lowest BCUT2D eigenvalue weighted by Crippen LogP contribution is -2.43. The van der Waals surface area contributed by atoms with Crippen LogP contribution in [-0.2, 0) is 19.6 Å². The Bertz CT molecular complexity index is 403. The number of carboxylic acids is 1. The lowest BCUT2D eigenvalue weighted by atomic mass is 10.4. The number of sulfonamides is 1. The van der Waals surface area contributed by atoms with E-state index in [4.69, 9.17) is 5.11 Å². The number of carboxylic acid groups (broad SMARTS) is 1. The zero-order valence-electron chi connectivity index (χ0n) is 11.6. The minimum Gasteiger partial charge on any atom is -0.480 e. The lowest BCUT2D eigenvalue weighted by molar-refractivity contribution is -0.143. The van der Waals surface area contributed by atoms with Gasteiger partial charge in [-0.2, -0.15) is 0 Å². The molecule has 19 heavy (non-hydrogen) atoms. The van der Waals surface area contributed by atoms with Gasteiger partial charge in [0.05, 0.1) is 0 Å². The fraction of sp³-hybridized carbons (Fsp3) is 0.818. The first kappa shape index (κ1) is 17.8. The van der Waals surface area contributed by atoms with Crippen LogP contribution in [0.25, 0.3) is 0 Å². The van der Waals surface area contributed by atoms with Crippen molar-refractivity contribution < 1.29 is 23.1 Å². The van der Waals surface area contributed by atoms with Gasteiger partial charge in [-0.3, -0.25) is 9.59 Å². The number of hydrogen-bond donors (Lipinski definition) is 1. The predicted molar refractivity (Wildman–Crippen MR) is 71.2 cm³/mol. The quantitative estimate of drug-likeness (QED) is 0.645. The third-order valence-corrected chi connectivity index (χ3v) is 4.49. The SMILES string of the molecule is CCCN(CC(=O)O)C(=O)CS(=O)(=O)N(CC)CC. The molecule has 112 valence electrons. The van der Waals surface area contributed by atoms with E-state index in [9.17, 15) is 18.0 Å². The Hall–Kier alpha value is -1.15. The second-order valence-corrected chi connectivity index (χ2v) is 6.02. The molecule has 0 fully saturated rings. The maximum atomic E-state index is 11.9. The van der Waals surface area contributed by atoms with Gasteiger partial charge in [0.15, 0.2) is 0 Å². The van der Waals surface area contributed by atoms with Gasteiger partial charge in [0.25, 0.3) is 0 Å². The number of aliphatic carboxylic acids is 1. The first-order chi connectivity index (χ1) is 8.78. The van der Waals surface area contributed by atoms with Gasteiger partial charge < -0.3 is 10.0 Å². The molecule has 0 atom stereocenters. The average molecular weight is 294 g/mol. The largest absolute Gasteiger partial charge is 0.480 e. The van der Waals surface area contributed by atoms with E-state index in [2.05, 4.69) is 0 Å². The second-order valence-electron chi connectivity index (χ2n) is 4.05. The van der Waals surface area contributed by atoms with Crippen molar-refractivity contribution in [2.45, 2.75) is 27.2 Å². The molecule has 0 radical (unpaired) electrons. The van der Waals surface area contributed by atoms with E-state index in [1.807, 2.05) is 0 Å². The molecule has 0 saturated heterocycles. The molecule has 0 saturated carbocycles. The van der Waals surface area contributed by atoms with Crippen LogP contribution in [0, 0.1) is 0 Å². The highest BCUT2D eigenvalue weighted by atomic mass is 32.2. The smallest absolute Gasteiger partial charge is 0.323 e. The van der Waals surface area contributed by atoms with Crippen molar-refractivity contribution >= 4 is 21.9 Å². The molecule has 0 spiro atoms. The van der Waals surface area contributed by atoms with Gasteiger partial charge in [-0.05, 0) is 6.42 Å². The third-order valence-electron chi connectivity index (χ3n) is 2.58. The van der Waals surface area contributed by atoms with E-state index < -0.39 is 34.2 Å². The monoisotopic (exact) mass is 294 g/mol. The highest BCUT2D eigenvalue weighted by molar-refractivity contribution is 7.89. The fourth-order valence-corrected chi connectivity index (χ4v) is 3.14. The minimum absolute atomic E-state index is 0.235. The van der Waals surface area contributed by atoms with Gasteiger partial charge in [0.1, 0.15) is 12.3 Å². The molecule has 0 unspecified atom stereocenters. The number of amides is 1. The lowest BCUT2D eigenvalue weighted by Gasteiger charge is -2.23. The molecule has 0 aromatic carbocycles. The average Bonchev–Trinajstić information content (AvgIpc) is 2.28. The van der Waals surface area contributed by atoms with E-state index in [-0.39, 0.29) is 6.54 Å². The molecular weight excluding hydrogens is 272 g/mol. The highest BCUT2D eigenvalue weighted by Crippen LogP contribution is 2.04. The fourth-order valence-electron chi connectivity index (χ4n) is 1.68. The maximum Gasteiger partial charge on any atom is 0.323 e. The Morgan fingerprint density at radius 3 is 2.00 bits per heavy atom. The molecule has 0 aliphatic heterocycles. The number of hydrogen-bond acceptors (Lipinski definition) is 4. The molecule has 0 bridgehead atoms. The Balaban J connectivity index is 4.84. The number of nitrogens with zero attached hydrogens (tertiary/aromatic N) is 2. The van der Waals surface area contributed by atoms with Crippen LogP contribution >= 0.6 is 0 Å². The van der Waals surface area contributed by atoms with Gasteiger partial charge in [0, 0.05) is 19.6 Å². The van der Waals surface area contributed by atoms with Crippen LogP contribution in [-0.4, -0.2) is 66.5 Å². The predicted octanol–water partition coefficient (Wildman–Crippen LogP) is -0.0188. The molecule has 0 aliphatic carbocycles. The summed E-state index contributed by atoms with van der Waals surface area (Å²) in [5, 5.41) is 8.71. The second kappa shape index (κ2) is 8.11. The van der Waals surface area contributed by atoms with Crippen LogP contribution in [0.2, 0.25) is 0 Å². The van der Waals surface area contributed by atoms with Crippen molar-refractivity contribution in [3.05, 3.63) is 0 Å². The number of rotatable bonds is 9. The van der Waals surface area contributed by atoms with Crippen molar-refractivity contribution in [3.63, 3.8) is 0 Å². The highest BCUT2D eigenvalue weighted by Gasteiger charge is 2.26. The van der Waals surface area contributed by atoms with Crippen LogP contribution < -0.4 is 0 Å². The molecule has 0 heterocycles. The van der Waals surface area contributed by atoms with Crippen molar-refractivity contribution in [1.29, 1.82) is 0 Å². The summed E-state index contributed by atoms with van der Waals surface area (Å²) < 4.78 is 25.0. The van der Waals surface area contributed by atoms with Gasteiger partial charge in [-0.25, -0.2) is 12.7 Å². The van der Waals surface area contributed by atoms with Crippen LogP contribution in [0.5, 0.6) is 0 Å². The molecule has 1 N–H and O–H groups in total. The third kappa shape index (κ3) is 6.02. The summed E-state index contributed by atoms with van der Waals surface area (Å²) in [6.45, 7) is 5.51. The summed E-state index contributed by atoms with van der Waals surface area (Å²) >= 11 is 0. The molecule has 0 rings (SSSR count). The molecular formula is C11H22N2O5S. The van der Waals surface area contributed by atoms with Gasteiger partial charge >= 0.3 is 5.97 Å². The first-order valence-corrected chi connectivity index (χ1v) is 7.86. The maximum absolute atomic E-state index is 11.9. The molecule has 1 amide bonds. The minimum atomic E-state index is -3.67. The van der Waals surface area contributed by atoms with Crippen LogP contribution in [0.15, 0.2) is 0 Å². The van der Waals surface area contributed by atoms with E-state index >= 15 is 0 Å². The Morgan fingerprint density at radius 1 is 1.11 bits per heavy atom. The van der Waals surface area contributed by atoms with Gasteiger partial charge in [-0.15, -0.1) is 0 Å². The van der Waals surface area contributed by atoms with E-state index in [0.717, 1.165) is 4.90 Å². The van der Waals surface area contributed by atoms with E-state index in [1.165, 1.54) is 4.31 Å². The van der Waals surface area contributed by atoms with Crippen LogP contribution in [0.1, 0.15) is 27.2 Å². The van der Waals surface area contributed by atoms with Crippen LogP contribution in [0.4, 0.5) is 0 Å².